The van der Waals surface area contributed by atoms with Crippen LogP contribution >= 0.6 is 0 Å². The molecule has 0 aliphatic heterocycles. The SMILES string of the molecule is C=COCCO[Si](C(C)C)(C(C)C)C(C)C. The molecule has 2 nitrogen and oxygen atoms in total. The molecule has 0 saturated heterocycles. The largest absolute Gasteiger partial charge is 0.499 e. The summed E-state index contributed by atoms with van der Waals surface area (Å²) in [5, 5.41) is 0. The summed E-state index contributed by atoms with van der Waals surface area (Å²) in [6.07, 6.45) is 1.48. The van der Waals surface area contributed by atoms with E-state index in [9.17, 15) is 0 Å². The quantitative estimate of drug-likeness (QED) is 0.359. The van der Waals surface area contributed by atoms with Gasteiger partial charge in [0.15, 0.2) is 8.32 Å². The Hall–Kier alpha value is -0.283. The minimum atomic E-state index is -1.69. The van der Waals surface area contributed by atoms with Gasteiger partial charge in [-0.1, -0.05) is 48.1 Å². The second-order valence-electron chi connectivity index (χ2n) is 5.20. The van der Waals surface area contributed by atoms with E-state index >= 15 is 0 Å². The van der Waals surface area contributed by atoms with Crippen LogP contribution in [-0.2, 0) is 9.16 Å². The van der Waals surface area contributed by atoms with Gasteiger partial charge in [-0.3, -0.25) is 0 Å². The summed E-state index contributed by atoms with van der Waals surface area (Å²) in [5.41, 5.74) is 1.91. The van der Waals surface area contributed by atoms with Crippen molar-refractivity contribution in [3.63, 3.8) is 0 Å². The minimum absolute atomic E-state index is 0.615. The Balaban J connectivity index is 4.57. The summed E-state index contributed by atoms with van der Waals surface area (Å²) >= 11 is 0. The molecule has 0 unspecified atom stereocenters. The average Bonchev–Trinajstić information content (AvgIpc) is 2.16. The van der Waals surface area contributed by atoms with Crippen molar-refractivity contribution >= 4 is 8.32 Å². The van der Waals surface area contributed by atoms with Gasteiger partial charge in [0.05, 0.1) is 12.9 Å². The highest BCUT2D eigenvalue weighted by molar-refractivity contribution is 6.77. The summed E-state index contributed by atoms with van der Waals surface area (Å²) in [5.74, 6) is 0. The predicted molar refractivity (Wildman–Crippen MR) is 73.1 cm³/mol. The highest BCUT2D eigenvalue weighted by Gasteiger charge is 2.44. The fraction of sp³-hybridized carbons (Fsp3) is 0.846. The van der Waals surface area contributed by atoms with Crippen LogP contribution in [0, 0.1) is 0 Å². The molecule has 96 valence electrons. The van der Waals surface area contributed by atoms with Crippen molar-refractivity contribution in [2.45, 2.75) is 58.2 Å². The van der Waals surface area contributed by atoms with Crippen molar-refractivity contribution in [1.82, 2.24) is 0 Å². The molecule has 0 radical (unpaired) electrons. The lowest BCUT2D eigenvalue weighted by atomic mass is 10.5. The van der Waals surface area contributed by atoms with Gasteiger partial charge in [-0.15, -0.1) is 0 Å². The number of hydrogen-bond acceptors (Lipinski definition) is 2. The molecular weight excluding hydrogens is 216 g/mol. The van der Waals surface area contributed by atoms with Crippen molar-refractivity contribution in [1.29, 1.82) is 0 Å². The van der Waals surface area contributed by atoms with Crippen LogP contribution in [0.1, 0.15) is 41.5 Å². The van der Waals surface area contributed by atoms with Gasteiger partial charge in [0, 0.05) is 0 Å². The maximum absolute atomic E-state index is 6.28. The van der Waals surface area contributed by atoms with Gasteiger partial charge in [0.1, 0.15) is 6.61 Å². The Morgan fingerprint density at radius 3 is 1.69 bits per heavy atom. The monoisotopic (exact) mass is 244 g/mol. The summed E-state index contributed by atoms with van der Waals surface area (Å²) < 4.78 is 11.4. The standard InChI is InChI=1S/C13H28O2Si/c1-8-14-9-10-15-16(11(2)3,12(4)5)13(6)7/h8,11-13H,1,9-10H2,2-7H3. The lowest BCUT2D eigenvalue weighted by molar-refractivity contribution is 0.166. The van der Waals surface area contributed by atoms with Crippen LogP contribution in [0.25, 0.3) is 0 Å². The molecule has 0 rings (SSSR count). The predicted octanol–water partition coefficient (Wildman–Crippen LogP) is 4.34. The van der Waals surface area contributed by atoms with E-state index in [2.05, 4.69) is 48.1 Å². The highest BCUT2D eigenvalue weighted by Crippen LogP contribution is 2.41. The van der Waals surface area contributed by atoms with E-state index in [1.807, 2.05) is 0 Å². The molecule has 0 aromatic heterocycles. The van der Waals surface area contributed by atoms with E-state index in [0.717, 1.165) is 0 Å². The maximum atomic E-state index is 6.28. The van der Waals surface area contributed by atoms with Gasteiger partial charge in [-0.05, 0) is 16.6 Å². The number of ether oxygens (including phenoxy) is 1. The molecule has 0 aliphatic rings. The smallest absolute Gasteiger partial charge is 0.200 e. The second-order valence-corrected chi connectivity index (χ2v) is 10.7. The zero-order valence-electron chi connectivity index (χ0n) is 11.7. The Morgan fingerprint density at radius 2 is 1.38 bits per heavy atom. The third-order valence-corrected chi connectivity index (χ3v) is 9.50. The first-order valence-electron chi connectivity index (χ1n) is 6.26. The Kier molecular flexibility index (Phi) is 7.00. The molecule has 3 heteroatoms. The van der Waals surface area contributed by atoms with Crippen LogP contribution in [0.3, 0.4) is 0 Å². The summed E-state index contributed by atoms with van der Waals surface area (Å²) in [7, 11) is -1.69. The van der Waals surface area contributed by atoms with Crippen molar-refractivity contribution in [2.24, 2.45) is 0 Å². The number of rotatable bonds is 8. The maximum Gasteiger partial charge on any atom is 0.200 e. The van der Waals surface area contributed by atoms with Gasteiger partial charge in [0.25, 0.3) is 0 Å². The van der Waals surface area contributed by atoms with E-state index in [-0.39, 0.29) is 0 Å². The molecule has 0 aromatic carbocycles. The molecule has 16 heavy (non-hydrogen) atoms. The van der Waals surface area contributed by atoms with Gasteiger partial charge in [-0.2, -0.15) is 0 Å². The third kappa shape index (κ3) is 3.63. The fourth-order valence-corrected chi connectivity index (χ4v) is 8.29. The molecule has 0 heterocycles. The van der Waals surface area contributed by atoms with E-state index in [1.54, 1.807) is 0 Å². The first kappa shape index (κ1) is 15.7. The van der Waals surface area contributed by atoms with Crippen LogP contribution in [0.2, 0.25) is 16.6 Å². The van der Waals surface area contributed by atoms with E-state index in [1.165, 1.54) is 6.26 Å². The zero-order valence-corrected chi connectivity index (χ0v) is 12.7. The van der Waals surface area contributed by atoms with E-state index in [4.69, 9.17) is 9.16 Å². The lowest BCUT2D eigenvalue weighted by Gasteiger charge is -2.42. The summed E-state index contributed by atoms with van der Waals surface area (Å²) in [6, 6.07) is 0. The van der Waals surface area contributed by atoms with Crippen molar-refractivity contribution < 1.29 is 9.16 Å². The molecule has 0 aromatic rings. The fourth-order valence-electron chi connectivity index (χ4n) is 2.85. The average molecular weight is 244 g/mol. The highest BCUT2D eigenvalue weighted by atomic mass is 28.4. The summed E-state index contributed by atoms with van der Waals surface area (Å²) in [4.78, 5) is 0. The molecule has 0 saturated carbocycles. The molecular formula is C13H28O2Si. The molecule has 0 amide bonds. The topological polar surface area (TPSA) is 18.5 Å². The van der Waals surface area contributed by atoms with Crippen LogP contribution in [-0.4, -0.2) is 21.5 Å². The van der Waals surface area contributed by atoms with Crippen molar-refractivity contribution in [2.75, 3.05) is 13.2 Å². The minimum Gasteiger partial charge on any atom is -0.499 e. The van der Waals surface area contributed by atoms with Crippen molar-refractivity contribution in [3.8, 4) is 0 Å². The van der Waals surface area contributed by atoms with Crippen LogP contribution in [0.15, 0.2) is 12.8 Å². The normalized spacial score (nSPS) is 12.6. The van der Waals surface area contributed by atoms with Gasteiger partial charge in [0.2, 0.25) is 0 Å². The van der Waals surface area contributed by atoms with E-state index < -0.39 is 8.32 Å². The molecule has 0 fully saturated rings. The first-order valence-corrected chi connectivity index (χ1v) is 8.40. The first-order chi connectivity index (χ1) is 7.39. The Morgan fingerprint density at radius 1 is 0.938 bits per heavy atom. The zero-order chi connectivity index (χ0) is 12.8. The van der Waals surface area contributed by atoms with Crippen LogP contribution < -0.4 is 0 Å². The molecule has 0 spiro atoms. The van der Waals surface area contributed by atoms with Gasteiger partial charge in [-0.25, -0.2) is 0 Å². The van der Waals surface area contributed by atoms with Gasteiger partial charge >= 0.3 is 0 Å². The Labute approximate surface area is 102 Å². The molecule has 0 aliphatic carbocycles. The van der Waals surface area contributed by atoms with Crippen LogP contribution in [0.5, 0.6) is 0 Å². The Bertz CT molecular complexity index is 178. The van der Waals surface area contributed by atoms with Crippen molar-refractivity contribution in [3.05, 3.63) is 12.8 Å². The number of hydrogen-bond donors (Lipinski definition) is 0. The van der Waals surface area contributed by atoms with Gasteiger partial charge < -0.3 is 9.16 Å². The molecule has 0 atom stereocenters. The third-order valence-electron chi connectivity index (χ3n) is 3.38. The second kappa shape index (κ2) is 7.12. The van der Waals surface area contributed by atoms with Crippen LogP contribution in [0.4, 0.5) is 0 Å². The lowest BCUT2D eigenvalue weighted by Crippen LogP contribution is -2.48. The summed E-state index contributed by atoms with van der Waals surface area (Å²) in [6.45, 7) is 18.6. The van der Waals surface area contributed by atoms with E-state index in [0.29, 0.717) is 29.8 Å². The molecule has 0 bridgehead atoms. The molecule has 0 N–H and O–H groups in total.